The summed E-state index contributed by atoms with van der Waals surface area (Å²) in [6, 6.07) is 14.8. The minimum absolute atomic E-state index is 0.166. The van der Waals surface area contributed by atoms with Crippen molar-refractivity contribution in [2.24, 2.45) is 0 Å². The summed E-state index contributed by atoms with van der Waals surface area (Å²) in [6.07, 6.45) is 9.91. The van der Waals surface area contributed by atoms with Crippen LogP contribution in [0.4, 0.5) is 5.69 Å². The number of amides is 1. The summed E-state index contributed by atoms with van der Waals surface area (Å²) in [5.74, 6) is 0.0496. The van der Waals surface area contributed by atoms with Gasteiger partial charge in [0.15, 0.2) is 0 Å². The van der Waals surface area contributed by atoms with Crippen LogP contribution in [-0.2, 0) is 4.79 Å². The Hall–Kier alpha value is -2.20. The summed E-state index contributed by atoms with van der Waals surface area (Å²) < 4.78 is 0. The number of carbonyl (C=O) groups excluding carboxylic acids is 1. The van der Waals surface area contributed by atoms with E-state index in [0.717, 1.165) is 16.5 Å². The average molecular weight is 353 g/mol. The Balaban J connectivity index is 1.51. The Morgan fingerprint density at radius 3 is 2.36 bits per heavy atom. The maximum atomic E-state index is 12.0. The number of benzene rings is 2. The van der Waals surface area contributed by atoms with Crippen molar-refractivity contribution in [3.8, 4) is 5.75 Å². The summed E-state index contributed by atoms with van der Waals surface area (Å²) in [7, 11) is 0. The van der Waals surface area contributed by atoms with Gasteiger partial charge in [-0.1, -0.05) is 31.4 Å². The third-order valence-electron chi connectivity index (χ3n) is 4.30. The molecule has 0 unspecified atom stereocenters. The number of hydrogen-bond acceptors (Lipinski definition) is 3. The van der Waals surface area contributed by atoms with Gasteiger partial charge in [0.25, 0.3) is 0 Å². The molecule has 130 valence electrons. The van der Waals surface area contributed by atoms with Crippen LogP contribution >= 0.6 is 11.8 Å². The van der Waals surface area contributed by atoms with Crippen molar-refractivity contribution in [3.63, 3.8) is 0 Å². The number of phenolic OH excluding ortho intramolecular Hbond substituents is 1. The lowest BCUT2D eigenvalue weighted by Crippen LogP contribution is -2.08. The number of rotatable bonds is 5. The molecule has 3 nitrogen and oxygen atoms in total. The fourth-order valence-corrected chi connectivity index (χ4v) is 4.18. The third-order valence-corrected chi connectivity index (χ3v) is 5.65. The van der Waals surface area contributed by atoms with Crippen molar-refractivity contribution in [2.45, 2.75) is 42.2 Å². The zero-order valence-corrected chi connectivity index (χ0v) is 15.0. The third kappa shape index (κ3) is 5.68. The molecule has 1 aliphatic rings. The van der Waals surface area contributed by atoms with Crippen LogP contribution in [0, 0.1) is 0 Å². The van der Waals surface area contributed by atoms with Crippen LogP contribution in [0.15, 0.2) is 59.5 Å². The monoisotopic (exact) mass is 353 g/mol. The molecule has 0 bridgehead atoms. The van der Waals surface area contributed by atoms with Crippen LogP contribution in [0.25, 0.3) is 6.08 Å². The minimum Gasteiger partial charge on any atom is -0.508 e. The van der Waals surface area contributed by atoms with Crippen molar-refractivity contribution < 1.29 is 9.90 Å². The van der Waals surface area contributed by atoms with E-state index >= 15 is 0 Å². The van der Waals surface area contributed by atoms with Crippen molar-refractivity contribution in [1.29, 1.82) is 0 Å². The Bertz CT molecular complexity index is 717. The van der Waals surface area contributed by atoms with E-state index in [1.165, 1.54) is 43.1 Å². The molecule has 25 heavy (non-hydrogen) atoms. The molecular weight excluding hydrogens is 330 g/mol. The van der Waals surface area contributed by atoms with Crippen molar-refractivity contribution in [3.05, 3.63) is 60.2 Å². The number of nitrogens with one attached hydrogen (secondary N) is 1. The molecule has 3 rings (SSSR count). The lowest BCUT2D eigenvalue weighted by Gasteiger charge is -2.20. The molecule has 2 aromatic rings. The molecule has 2 N–H and O–H groups in total. The van der Waals surface area contributed by atoms with E-state index in [0.29, 0.717) is 0 Å². The number of hydrogen-bond donors (Lipinski definition) is 2. The predicted octanol–water partition coefficient (Wildman–Crippen LogP) is 5.47. The molecule has 1 saturated carbocycles. The molecule has 0 saturated heterocycles. The highest BCUT2D eigenvalue weighted by atomic mass is 32.2. The van der Waals surface area contributed by atoms with E-state index < -0.39 is 0 Å². The molecule has 0 spiro atoms. The van der Waals surface area contributed by atoms with Crippen molar-refractivity contribution in [1.82, 2.24) is 0 Å². The van der Waals surface area contributed by atoms with E-state index in [2.05, 4.69) is 17.4 Å². The standard InChI is InChI=1S/C21H23NO2S/c23-18-11-6-16(7-12-18)8-15-21(24)22-17-9-13-20(14-10-17)25-19-4-2-1-3-5-19/h6-15,19,23H,1-5H2,(H,22,24)/b15-8+. The van der Waals surface area contributed by atoms with Gasteiger partial charge in [-0.25, -0.2) is 0 Å². The number of thioether (sulfide) groups is 1. The number of anilines is 1. The molecule has 2 aromatic carbocycles. The van der Waals surface area contributed by atoms with E-state index in [4.69, 9.17) is 0 Å². The second-order valence-electron chi connectivity index (χ2n) is 6.32. The maximum Gasteiger partial charge on any atom is 0.248 e. The summed E-state index contributed by atoms with van der Waals surface area (Å²) in [5, 5.41) is 12.9. The van der Waals surface area contributed by atoms with Gasteiger partial charge in [-0.15, -0.1) is 11.8 Å². The molecular formula is C21H23NO2S. The summed E-state index contributed by atoms with van der Waals surface area (Å²) >= 11 is 1.95. The molecule has 1 fully saturated rings. The fraction of sp³-hybridized carbons (Fsp3) is 0.286. The molecule has 1 amide bonds. The van der Waals surface area contributed by atoms with Gasteiger partial charge in [0.2, 0.25) is 5.91 Å². The second-order valence-corrected chi connectivity index (χ2v) is 7.69. The average Bonchev–Trinajstić information content (AvgIpc) is 2.64. The number of carbonyl (C=O) groups is 1. The van der Waals surface area contributed by atoms with Crippen LogP contribution in [0.2, 0.25) is 0 Å². The first-order valence-corrected chi connectivity index (χ1v) is 9.62. The van der Waals surface area contributed by atoms with E-state index in [1.807, 2.05) is 23.9 Å². The zero-order chi connectivity index (χ0) is 17.5. The van der Waals surface area contributed by atoms with Crippen LogP contribution in [0.5, 0.6) is 5.75 Å². The van der Waals surface area contributed by atoms with Crippen LogP contribution in [0.3, 0.4) is 0 Å². The van der Waals surface area contributed by atoms with E-state index in [-0.39, 0.29) is 11.7 Å². The topological polar surface area (TPSA) is 49.3 Å². The smallest absolute Gasteiger partial charge is 0.248 e. The first-order valence-electron chi connectivity index (χ1n) is 8.74. The molecule has 0 radical (unpaired) electrons. The van der Waals surface area contributed by atoms with E-state index in [9.17, 15) is 9.90 Å². The fourth-order valence-electron chi connectivity index (χ4n) is 2.93. The van der Waals surface area contributed by atoms with Gasteiger partial charge < -0.3 is 10.4 Å². The first-order chi connectivity index (χ1) is 12.2. The van der Waals surface area contributed by atoms with Gasteiger partial charge in [-0.2, -0.15) is 0 Å². The minimum atomic E-state index is -0.166. The van der Waals surface area contributed by atoms with Gasteiger partial charge in [0.1, 0.15) is 5.75 Å². The Morgan fingerprint density at radius 2 is 1.68 bits per heavy atom. The molecule has 0 aromatic heterocycles. The largest absolute Gasteiger partial charge is 0.508 e. The van der Waals surface area contributed by atoms with E-state index in [1.54, 1.807) is 30.3 Å². The molecule has 0 aliphatic heterocycles. The molecule has 0 atom stereocenters. The highest BCUT2D eigenvalue weighted by Crippen LogP contribution is 2.33. The lowest BCUT2D eigenvalue weighted by atomic mass is 10.0. The van der Waals surface area contributed by atoms with Gasteiger partial charge in [0.05, 0.1) is 0 Å². The molecule has 4 heteroatoms. The van der Waals surface area contributed by atoms with Gasteiger partial charge in [-0.05, 0) is 60.9 Å². The predicted molar refractivity (Wildman–Crippen MR) is 105 cm³/mol. The zero-order valence-electron chi connectivity index (χ0n) is 14.2. The Morgan fingerprint density at radius 1 is 1.00 bits per heavy atom. The SMILES string of the molecule is O=C(/C=C/c1ccc(O)cc1)Nc1ccc(SC2CCCCC2)cc1. The van der Waals surface area contributed by atoms with Crippen LogP contribution in [0.1, 0.15) is 37.7 Å². The molecule has 0 heterocycles. The molecule has 1 aliphatic carbocycles. The lowest BCUT2D eigenvalue weighted by molar-refractivity contribution is -0.111. The van der Waals surface area contributed by atoms with Gasteiger partial charge >= 0.3 is 0 Å². The Labute approximate surface area is 153 Å². The second kappa shape index (κ2) is 8.77. The summed E-state index contributed by atoms with van der Waals surface area (Å²) in [6.45, 7) is 0. The maximum absolute atomic E-state index is 12.0. The normalized spacial score (nSPS) is 15.4. The highest BCUT2D eigenvalue weighted by Gasteiger charge is 2.14. The van der Waals surface area contributed by atoms with Crippen molar-refractivity contribution >= 4 is 29.4 Å². The van der Waals surface area contributed by atoms with Gasteiger partial charge in [-0.3, -0.25) is 4.79 Å². The number of aromatic hydroxyl groups is 1. The number of phenols is 1. The van der Waals surface area contributed by atoms with Crippen LogP contribution < -0.4 is 5.32 Å². The van der Waals surface area contributed by atoms with Crippen molar-refractivity contribution in [2.75, 3.05) is 5.32 Å². The quantitative estimate of drug-likeness (QED) is 0.701. The summed E-state index contributed by atoms with van der Waals surface area (Å²) in [5.41, 5.74) is 1.67. The van der Waals surface area contributed by atoms with Gasteiger partial charge in [0, 0.05) is 21.9 Å². The van der Waals surface area contributed by atoms with Crippen LogP contribution in [-0.4, -0.2) is 16.3 Å². The highest BCUT2D eigenvalue weighted by molar-refractivity contribution is 8.00. The summed E-state index contributed by atoms with van der Waals surface area (Å²) in [4.78, 5) is 13.3. The Kier molecular flexibility index (Phi) is 6.18. The first kappa shape index (κ1) is 17.6.